The molecule has 0 radical (unpaired) electrons. The molecular weight excluding hydrogens is 95.0 g/mol. The molecule has 0 aliphatic heterocycles. The van der Waals surface area contributed by atoms with Gasteiger partial charge in [-0.1, -0.05) is 0 Å². The molecule has 0 heterocycles. The van der Waals surface area contributed by atoms with Gasteiger partial charge in [-0.3, -0.25) is 6.58 Å². The van der Waals surface area contributed by atoms with Gasteiger partial charge in [-0.2, -0.15) is 0 Å². The van der Waals surface area contributed by atoms with Crippen molar-refractivity contribution >= 4 is 0 Å². The summed E-state index contributed by atoms with van der Waals surface area (Å²) < 4.78 is 4.82. The van der Waals surface area contributed by atoms with E-state index in [4.69, 9.17) is 11.3 Å². The van der Waals surface area contributed by atoms with Crippen molar-refractivity contribution in [3.05, 3.63) is 25.0 Å². The minimum absolute atomic E-state index is 0. The summed E-state index contributed by atoms with van der Waals surface area (Å²) in [6, 6.07) is 0. The van der Waals surface area contributed by atoms with Crippen LogP contribution in [-0.2, 0) is 4.74 Å². The Bertz CT molecular complexity index is 78.6. The van der Waals surface area contributed by atoms with Crippen molar-refractivity contribution < 1.29 is 23.6 Å². The van der Waals surface area contributed by atoms with Gasteiger partial charge in [0, 0.05) is 0 Å². The smallest absolute Gasteiger partial charge is 0.580 e. The molecule has 0 saturated carbocycles. The molecule has 0 aromatic heterocycles. The van der Waals surface area contributed by atoms with E-state index < -0.39 is 0 Å². The first kappa shape index (κ1) is 10.8. The summed E-state index contributed by atoms with van der Waals surface area (Å²) in [7, 11) is 0. The van der Waals surface area contributed by atoms with Crippen LogP contribution in [0.5, 0.6) is 0 Å². The molecule has 0 amide bonds. The van der Waals surface area contributed by atoms with Crippen molar-refractivity contribution in [2.45, 2.75) is 6.92 Å². The van der Waals surface area contributed by atoms with Crippen LogP contribution in [0.4, 0.5) is 0 Å². The van der Waals surface area contributed by atoms with Crippen LogP contribution >= 0.6 is 0 Å². The molecule has 0 aliphatic rings. The SMILES string of the molecule is [CH-]=CC(=C)OCC.[Li+]. The van der Waals surface area contributed by atoms with E-state index in [1.807, 2.05) is 6.92 Å². The minimum Gasteiger partial charge on any atom is -0.580 e. The van der Waals surface area contributed by atoms with Crippen LogP contribution in [0.15, 0.2) is 18.4 Å². The number of rotatable bonds is 3. The molecule has 0 spiro atoms. The maximum absolute atomic E-state index is 5.01. The summed E-state index contributed by atoms with van der Waals surface area (Å²) >= 11 is 0. The molecule has 0 aromatic rings. The number of allylic oxidation sites excluding steroid dienone is 1. The Kier molecular flexibility index (Phi) is 9.27. The van der Waals surface area contributed by atoms with Crippen LogP contribution in [0.25, 0.3) is 0 Å². The van der Waals surface area contributed by atoms with Gasteiger partial charge in [0.25, 0.3) is 0 Å². The van der Waals surface area contributed by atoms with Crippen molar-refractivity contribution in [1.82, 2.24) is 0 Å². The summed E-state index contributed by atoms with van der Waals surface area (Å²) in [6.07, 6.45) is 1.34. The average molecular weight is 104 g/mol. The molecule has 0 saturated heterocycles. The molecule has 40 valence electrons. The van der Waals surface area contributed by atoms with E-state index in [1.165, 1.54) is 6.08 Å². The van der Waals surface area contributed by atoms with Gasteiger partial charge in [0.2, 0.25) is 0 Å². The topological polar surface area (TPSA) is 9.23 Å². The quantitative estimate of drug-likeness (QED) is 0.184. The maximum Gasteiger partial charge on any atom is 1.00 e. The standard InChI is InChI=1S/C6H9O.Li/c1-4-6(3)7-5-2;/h1,4H,3,5H2,2H3;/q-1;+1. The molecule has 0 rings (SSSR count). The van der Waals surface area contributed by atoms with Crippen LogP contribution in [0.3, 0.4) is 0 Å². The predicted octanol–water partition coefficient (Wildman–Crippen LogP) is -1.47. The third-order valence-electron chi connectivity index (χ3n) is 0.516. The maximum atomic E-state index is 5.01. The van der Waals surface area contributed by atoms with E-state index in [1.54, 1.807) is 0 Å². The monoisotopic (exact) mass is 104 g/mol. The van der Waals surface area contributed by atoms with Crippen molar-refractivity contribution in [1.29, 1.82) is 0 Å². The second-order valence-corrected chi connectivity index (χ2v) is 1.07. The molecule has 0 atom stereocenters. The second kappa shape index (κ2) is 6.88. The summed E-state index contributed by atoms with van der Waals surface area (Å²) in [5.74, 6) is 0.530. The van der Waals surface area contributed by atoms with E-state index in [0.29, 0.717) is 12.4 Å². The average Bonchev–Trinajstić information content (AvgIpc) is 1.68. The Morgan fingerprint density at radius 2 is 2.38 bits per heavy atom. The van der Waals surface area contributed by atoms with Crippen LogP contribution in [-0.4, -0.2) is 6.61 Å². The summed E-state index contributed by atoms with van der Waals surface area (Å²) in [5.41, 5.74) is 0. The van der Waals surface area contributed by atoms with Gasteiger partial charge in [0.1, 0.15) is 0 Å². The van der Waals surface area contributed by atoms with Gasteiger partial charge in [-0.05, 0) is 12.7 Å². The van der Waals surface area contributed by atoms with Crippen molar-refractivity contribution in [2.75, 3.05) is 6.61 Å². The normalized spacial score (nSPS) is 6.62. The Balaban J connectivity index is 0. The Hall–Kier alpha value is -0.123. The van der Waals surface area contributed by atoms with Crippen molar-refractivity contribution in [3.8, 4) is 0 Å². The molecule has 8 heavy (non-hydrogen) atoms. The zero-order valence-electron chi connectivity index (χ0n) is 5.48. The van der Waals surface area contributed by atoms with Gasteiger partial charge in [0.05, 0.1) is 6.61 Å². The van der Waals surface area contributed by atoms with Gasteiger partial charge >= 0.3 is 18.9 Å². The molecule has 2 heteroatoms. The molecule has 0 N–H and O–H groups in total. The van der Waals surface area contributed by atoms with E-state index >= 15 is 0 Å². The van der Waals surface area contributed by atoms with Crippen LogP contribution < -0.4 is 18.9 Å². The third kappa shape index (κ3) is 5.88. The summed E-state index contributed by atoms with van der Waals surface area (Å²) in [6.45, 7) is 11.0. The molecule has 1 nitrogen and oxygen atoms in total. The largest absolute Gasteiger partial charge is 1.00 e. The molecule has 0 fully saturated rings. The summed E-state index contributed by atoms with van der Waals surface area (Å²) in [5, 5.41) is 0. The number of hydrogen-bond acceptors (Lipinski definition) is 1. The van der Waals surface area contributed by atoms with E-state index in [-0.39, 0.29) is 18.9 Å². The van der Waals surface area contributed by atoms with E-state index in [2.05, 4.69) is 6.58 Å². The van der Waals surface area contributed by atoms with Crippen LogP contribution in [0.1, 0.15) is 6.92 Å². The van der Waals surface area contributed by atoms with Crippen LogP contribution in [0.2, 0.25) is 0 Å². The van der Waals surface area contributed by atoms with E-state index in [0.717, 1.165) is 0 Å². The molecule has 0 unspecified atom stereocenters. The first-order chi connectivity index (χ1) is 3.31. The Morgan fingerprint density at radius 3 is 2.50 bits per heavy atom. The second-order valence-electron chi connectivity index (χ2n) is 1.07. The van der Waals surface area contributed by atoms with Crippen molar-refractivity contribution in [2.24, 2.45) is 0 Å². The van der Waals surface area contributed by atoms with Gasteiger partial charge in [-0.25, -0.2) is 6.08 Å². The van der Waals surface area contributed by atoms with Gasteiger partial charge in [-0.15, -0.1) is 6.58 Å². The fourth-order valence-corrected chi connectivity index (χ4v) is 0.234. The first-order valence-corrected chi connectivity index (χ1v) is 2.18. The Labute approximate surface area is 62.6 Å². The fraction of sp³-hybridized carbons (Fsp3) is 0.333. The zero-order chi connectivity index (χ0) is 5.70. The number of ether oxygens (including phenoxy) is 1. The zero-order valence-corrected chi connectivity index (χ0v) is 5.48. The van der Waals surface area contributed by atoms with Gasteiger partial charge < -0.3 is 4.74 Å². The predicted molar refractivity (Wildman–Crippen MR) is 29.6 cm³/mol. The van der Waals surface area contributed by atoms with Crippen molar-refractivity contribution in [3.63, 3.8) is 0 Å². The third-order valence-corrected chi connectivity index (χ3v) is 0.516. The van der Waals surface area contributed by atoms with E-state index in [9.17, 15) is 0 Å². The fourth-order valence-electron chi connectivity index (χ4n) is 0.234. The Morgan fingerprint density at radius 1 is 1.88 bits per heavy atom. The molecular formula is C6H9LiO. The first-order valence-electron chi connectivity index (χ1n) is 2.18. The molecule has 0 aliphatic carbocycles. The number of hydrogen-bond donors (Lipinski definition) is 0. The van der Waals surface area contributed by atoms with Crippen LogP contribution in [0, 0.1) is 6.58 Å². The minimum atomic E-state index is 0. The molecule has 0 bridgehead atoms. The summed E-state index contributed by atoms with van der Waals surface area (Å²) in [4.78, 5) is 0. The van der Waals surface area contributed by atoms with Gasteiger partial charge in [0.15, 0.2) is 0 Å². The molecule has 0 aromatic carbocycles.